The number of benzene rings is 1. The minimum Gasteiger partial charge on any atom is -0.493 e. The number of rotatable bonds is 9. The van der Waals surface area contributed by atoms with E-state index in [0.717, 1.165) is 5.56 Å². The minimum absolute atomic E-state index is 0.228. The first-order chi connectivity index (χ1) is 9.56. The quantitative estimate of drug-likeness (QED) is 0.610. The van der Waals surface area contributed by atoms with Gasteiger partial charge in [0.1, 0.15) is 17.5 Å². The van der Waals surface area contributed by atoms with Gasteiger partial charge in [0, 0.05) is 16.7 Å². The van der Waals surface area contributed by atoms with Crippen LogP contribution in [-0.4, -0.2) is 41.0 Å². The molecule has 0 aromatic heterocycles. The number of carbonyl (C=O) groups is 1. The van der Waals surface area contributed by atoms with E-state index in [9.17, 15) is 4.79 Å². The molecule has 0 saturated heterocycles. The van der Waals surface area contributed by atoms with Crippen LogP contribution in [0.25, 0.3) is 0 Å². The van der Waals surface area contributed by atoms with Crippen LogP contribution in [0.15, 0.2) is 18.2 Å². The minimum atomic E-state index is -1.03. The maximum atomic E-state index is 10.8. The summed E-state index contributed by atoms with van der Waals surface area (Å²) in [4.78, 5) is 10.8. The van der Waals surface area contributed by atoms with E-state index in [1.165, 1.54) is 0 Å². The SMILES string of the molecule is N[C@@H](Cc1cc(OCCBr)cc(OCCBr)c1)C(=O)O. The highest BCUT2D eigenvalue weighted by atomic mass is 79.9. The zero-order valence-electron chi connectivity index (χ0n) is 10.9. The Kier molecular flexibility index (Phi) is 7.94. The number of halogens is 2. The number of aliphatic carboxylic acids is 1. The molecule has 0 heterocycles. The van der Waals surface area contributed by atoms with Crippen LogP contribution in [0.5, 0.6) is 11.5 Å². The maximum absolute atomic E-state index is 10.8. The predicted octanol–water partition coefficient (Wildman–Crippen LogP) is 2.19. The fourth-order valence-corrected chi connectivity index (χ4v) is 1.89. The van der Waals surface area contributed by atoms with E-state index in [2.05, 4.69) is 31.9 Å². The third kappa shape index (κ3) is 6.11. The molecule has 1 atom stereocenters. The zero-order valence-corrected chi connectivity index (χ0v) is 14.0. The number of carboxylic acids is 1. The molecule has 3 N–H and O–H groups in total. The van der Waals surface area contributed by atoms with Crippen molar-refractivity contribution in [3.8, 4) is 11.5 Å². The number of alkyl halides is 2. The van der Waals surface area contributed by atoms with E-state index in [4.69, 9.17) is 20.3 Å². The summed E-state index contributed by atoms with van der Waals surface area (Å²) in [5, 5.41) is 10.3. The number of hydrogen-bond donors (Lipinski definition) is 2. The third-order valence-electron chi connectivity index (χ3n) is 2.40. The monoisotopic (exact) mass is 409 g/mol. The Morgan fingerprint density at radius 3 is 2.05 bits per heavy atom. The third-order valence-corrected chi connectivity index (χ3v) is 3.05. The van der Waals surface area contributed by atoms with E-state index >= 15 is 0 Å². The van der Waals surface area contributed by atoms with Crippen LogP contribution >= 0.6 is 31.9 Å². The van der Waals surface area contributed by atoms with Gasteiger partial charge in [0.05, 0.1) is 13.2 Å². The van der Waals surface area contributed by atoms with Crippen LogP contribution in [0.4, 0.5) is 0 Å². The highest BCUT2D eigenvalue weighted by Gasteiger charge is 2.13. The van der Waals surface area contributed by atoms with Gasteiger partial charge in [0.2, 0.25) is 0 Å². The first-order valence-electron chi connectivity index (χ1n) is 6.06. The van der Waals surface area contributed by atoms with E-state index < -0.39 is 12.0 Å². The lowest BCUT2D eigenvalue weighted by Crippen LogP contribution is -2.32. The number of hydrogen-bond acceptors (Lipinski definition) is 4. The lowest BCUT2D eigenvalue weighted by Gasteiger charge is -2.13. The lowest BCUT2D eigenvalue weighted by atomic mass is 10.1. The molecule has 0 saturated carbocycles. The van der Waals surface area contributed by atoms with Gasteiger partial charge in [-0.15, -0.1) is 0 Å². The molecular weight excluding hydrogens is 394 g/mol. The summed E-state index contributed by atoms with van der Waals surface area (Å²) in [7, 11) is 0. The van der Waals surface area contributed by atoms with E-state index in [1.54, 1.807) is 18.2 Å². The first-order valence-corrected chi connectivity index (χ1v) is 8.31. The lowest BCUT2D eigenvalue weighted by molar-refractivity contribution is -0.138. The van der Waals surface area contributed by atoms with Crippen molar-refractivity contribution in [3.63, 3.8) is 0 Å². The molecule has 1 rings (SSSR count). The highest BCUT2D eigenvalue weighted by molar-refractivity contribution is 9.09. The van der Waals surface area contributed by atoms with Crippen molar-refractivity contribution in [1.82, 2.24) is 0 Å². The molecule has 0 aliphatic carbocycles. The van der Waals surface area contributed by atoms with Crippen molar-refractivity contribution < 1.29 is 19.4 Å². The topological polar surface area (TPSA) is 81.8 Å². The Labute approximate surface area is 134 Å². The van der Waals surface area contributed by atoms with Crippen molar-refractivity contribution in [2.45, 2.75) is 12.5 Å². The van der Waals surface area contributed by atoms with Gasteiger partial charge in [-0.2, -0.15) is 0 Å². The second kappa shape index (κ2) is 9.20. The molecule has 1 aromatic rings. The predicted molar refractivity (Wildman–Crippen MR) is 84.3 cm³/mol. The highest BCUT2D eigenvalue weighted by Crippen LogP contribution is 2.24. The fourth-order valence-electron chi connectivity index (χ4n) is 1.57. The van der Waals surface area contributed by atoms with Crippen LogP contribution in [0.3, 0.4) is 0 Å². The summed E-state index contributed by atoms with van der Waals surface area (Å²) in [5.74, 6) is 0.257. The molecule has 0 aliphatic rings. The van der Waals surface area contributed by atoms with Crippen LogP contribution in [0, 0.1) is 0 Å². The number of ether oxygens (including phenoxy) is 2. The van der Waals surface area contributed by atoms with E-state index in [0.29, 0.717) is 35.4 Å². The first kappa shape index (κ1) is 17.3. The second-order valence-corrected chi connectivity index (χ2v) is 5.62. The van der Waals surface area contributed by atoms with Crippen molar-refractivity contribution in [2.75, 3.05) is 23.9 Å². The van der Waals surface area contributed by atoms with Crippen LogP contribution in [0.1, 0.15) is 5.56 Å². The molecule has 0 radical (unpaired) electrons. The van der Waals surface area contributed by atoms with Crippen LogP contribution in [-0.2, 0) is 11.2 Å². The van der Waals surface area contributed by atoms with Gasteiger partial charge >= 0.3 is 5.97 Å². The molecule has 7 heteroatoms. The van der Waals surface area contributed by atoms with Gasteiger partial charge in [-0.3, -0.25) is 4.79 Å². The Bertz CT molecular complexity index is 416. The van der Waals surface area contributed by atoms with Crippen LogP contribution in [0.2, 0.25) is 0 Å². The normalized spacial score (nSPS) is 11.9. The van der Waals surface area contributed by atoms with Gasteiger partial charge < -0.3 is 20.3 Å². The Balaban J connectivity index is 2.87. The van der Waals surface area contributed by atoms with Gasteiger partial charge in [-0.1, -0.05) is 31.9 Å². The molecule has 5 nitrogen and oxygen atoms in total. The van der Waals surface area contributed by atoms with Gasteiger partial charge in [-0.05, 0) is 24.1 Å². The van der Waals surface area contributed by atoms with E-state index in [1.807, 2.05) is 0 Å². The summed E-state index contributed by atoms with van der Waals surface area (Å²) >= 11 is 6.57. The summed E-state index contributed by atoms with van der Waals surface area (Å²) in [5.41, 5.74) is 6.33. The summed E-state index contributed by atoms with van der Waals surface area (Å²) < 4.78 is 11.1. The van der Waals surface area contributed by atoms with Crippen LogP contribution < -0.4 is 15.2 Å². The zero-order chi connectivity index (χ0) is 15.0. The van der Waals surface area contributed by atoms with Crippen molar-refractivity contribution in [1.29, 1.82) is 0 Å². The average Bonchev–Trinajstić information content (AvgIpc) is 2.42. The number of carboxylic acid groups (broad SMARTS) is 1. The molecule has 0 amide bonds. The molecule has 20 heavy (non-hydrogen) atoms. The molecule has 0 unspecified atom stereocenters. The number of nitrogens with two attached hydrogens (primary N) is 1. The largest absolute Gasteiger partial charge is 0.493 e. The summed E-state index contributed by atoms with van der Waals surface area (Å²) in [6, 6.07) is 4.41. The molecule has 112 valence electrons. The summed E-state index contributed by atoms with van der Waals surface area (Å²) in [6.07, 6.45) is 0.228. The van der Waals surface area contributed by atoms with Crippen molar-refractivity contribution >= 4 is 37.8 Å². The molecule has 1 aromatic carbocycles. The van der Waals surface area contributed by atoms with Crippen molar-refractivity contribution in [2.24, 2.45) is 5.73 Å². The van der Waals surface area contributed by atoms with Crippen molar-refractivity contribution in [3.05, 3.63) is 23.8 Å². The van der Waals surface area contributed by atoms with E-state index in [-0.39, 0.29) is 6.42 Å². The summed E-state index contributed by atoms with van der Waals surface area (Å²) in [6.45, 7) is 1.04. The van der Waals surface area contributed by atoms with Gasteiger partial charge in [-0.25, -0.2) is 0 Å². The van der Waals surface area contributed by atoms with Gasteiger partial charge in [0.15, 0.2) is 0 Å². The average molecular weight is 411 g/mol. The molecule has 0 spiro atoms. The van der Waals surface area contributed by atoms with Gasteiger partial charge in [0.25, 0.3) is 0 Å². The standard InChI is InChI=1S/C13H17Br2NO4/c14-1-3-19-10-5-9(7-12(16)13(17)18)6-11(8-10)20-4-2-15/h5-6,8,12H,1-4,7,16H2,(H,17,18)/t12-/m0/s1. The Morgan fingerprint density at radius 2 is 1.65 bits per heavy atom. The second-order valence-electron chi connectivity index (χ2n) is 4.04. The maximum Gasteiger partial charge on any atom is 0.320 e. The Hall–Kier alpha value is -0.790. The molecule has 0 bridgehead atoms. The molecular formula is C13H17Br2NO4. The molecule has 0 fully saturated rings. The Morgan fingerprint density at radius 1 is 1.15 bits per heavy atom. The fraction of sp³-hybridized carbons (Fsp3) is 0.462. The smallest absolute Gasteiger partial charge is 0.320 e. The molecule has 0 aliphatic heterocycles.